The van der Waals surface area contributed by atoms with Gasteiger partial charge in [-0.15, -0.1) is 0 Å². The van der Waals surface area contributed by atoms with Crippen molar-refractivity contribution >= 4 is 22.7 Å². The van der Waals surface area contributed by atoms with Crippen LogP contribution in [0.25, 0.3) is 11.2 Å². The molecule has 0 saturated carbocycles. The van der Waals surface area contributed by atoms with Crippen molar-refractivity contribution in [1.29, 1.82) is 0 Å². The third-order valence-electron chi connectivity index (χ3n) is 2.03. The Morgan fingerprint density at radius 2 is 2.00 bits per heavy atom. The van der Waals surface area contributed by atoms with E-state index in [9.17, 15) is 5.21 Å². The number of nitrogens with one attached hydrogen (secondary N) is 2. The van der Waals surface area contributed by atoms with Crippen molar-refractivity contribution in [2.45, 2.75) is 13.8 Å². The van der Waals surface area contributed by atoms with Crippen LogP contribution in [0.4, 0.5) is 11.5 Å². The van der Waals surface area contributed by atoms with Crippen LogP contribution in [0.5, 0.6) is 0 Å². The Balaban J connectivity index is 2.49. The number of fused-ring (bicyclic) bond motifs is 1. The van der Waals surface area contributed by atoms with Crippen LogP contribution in [0, 0.1) is 5.21 Å². The van der Waals surface area contributed by atoms with Crippen LogP contribution in [-0.4, -0.2) is 13.1 Å². The summed E-state index contributed by atoms with van der Waals surface area (Å²) in [6, 6.07) is 0. The standard InChI is InChI=1S/C9H13N3O3/c1-3-10-6-5-14-8-7(6)15-12(13)9(8)11-4-2/h5,10-11H,3-4H2,1-2H3. The molecule has 0 unspecified atom stereocenters. The second kappa shape index (κ2) is 3.72. The van der Waals surface area contributed by atoms with Crippen molar-refractivity contribution in [3.63, 3.8) is 0 Å². The molecule has 0 radical (unpaired) electrons. The van der Waals surface area contributed by atoms with Crippen LogP contribution in [0.1, 0.15) is 13.8 Å². The monoisotopic (exact) mass is 211 g/mol. The maximum Gasteiger partial charge on any atom is 0.359 e. The van der Waals surface area contributed by atoms with Crippen LogP contribution in [0.15, 0.2) is 15.2 Å². The summed E-state index contributed by atoms with van der Waals surface area (Å²) in [5, 5.41) is 17.3. The first-order chi connectivity index (χ1) is 7.27. The zero-order valence-corrected chi connectivity index (χ0v) is 8.66. The SMILES string of the molecule is CCNc1coc2c(NCC)[n+]([O-])oc12. The first-order valence-electron chi connectivity index (χ1n) is 4.89. The van der Waals surface area contributed by atoms with Crippen molar-refractivity contribution in [2.24, 2.45) is 0 Å². The minimum atomic E-state index is 0.316. The number of hydrogen-bond donors (Lipinski definition) is 2. The number of hydrogen-bond acceptors (Lipinski definition) is 5. The van der Waals surface area contributed by atoms with Crippen molar-refractivity contribution in [3.05, 3.63) is 11.5 Å². The van der Waals surface area contributed by atoms with Crippen molar-refractivity contribution in [1.82, 2.24) is 0 Å². The topological polar surface area (TPSA) is 77.3 Å². The lowest BCUT2D eigenvalue weighted by Gasteiger charge is -1.97. The number of aromatic nitrogens is 1. The molecule has 0 aliphatic carbocycles. The van der Waals surface area contributed by atoms with E-state index in [2.05, 4.69) is 10.6 Å². The Bertz CT molecular complexity index is 460. The van der Waals surface area contributed by atoms with Gasteiger partial charge in [0.15, 0.2) is 0 Å². The summed E-state index contributed by atoms with van der Waals surface area (Å²) < 4.78 is 10.3. The fourth-order valence-electron chi connectivity index (χ4n) is 1.44. The van der Waals surface area contributed by atoms with Crippen LogP contribution < -0.4 is 15.5 Å². The first kappa shape index (κ1) is 9.70. The zero-order valence-electron chi connectivity index (χ0n) is 8.66. The Labute approximate surface area is 86.4 Å². The van der Waals surface area contributed by atoms with Gasteiger partial charge in [0.25, 0.3) is 0 Å². The van der Waals surface area contributed by atoms with E-state index in [1.165, 1.54) is 0 Å². The predicted octanol–water partition coefficient (Wildman–Crippen LogP) is 1.52. The average molecular weight is 211 g/mol. The summed E-state index contributed by atoms with van der Waals surface area (Å²) in [6.07, 6.45) is 1.54. The molecule has 6 nitrogen and oxygen atoms in total. The third-order valence-corrected chi connectivity index (χ3v) is 2.03. The highest BCUT2D eigenvalue weighted by molar-refractivity contribution is 5.90. The molecule has 2 rings (SSSR count). The summed E-state index contributed by atoms with van der Waals surface area (Å²) in [5.74, 6) is 0.316. The van der Waals surface area contributed by atoms with Gasteiger partial charge in [0.05, 0.1) is 12.2 Å². The fraction of sp³-hybridized carbons (Fsp3) is 0.444. The van der Waals surface area contributed by atoms with Crippen LogP contribution >= 0.6 is 0 Å². The Hall–Kier alpha value is -1.85. The average Bonchev–Trinajstić information content (AvgIpc) is 2.71. The van der Waals surface area contributed by atoms with E-state index in [1.807, 2.05) is 13.8 Å². The molecule has 15 heavy (non-hydrogen) atoms. The Morgan fingerprint density at radius 1 is 1.27 bits per heavy atom. The minimum Gasteiger partial charge on any atom is -0.453 e. The molecule has 0 aliphatic rings. The zero-order chi connectivity index (χ0) is 10.8. The molecule has 2 aromatic rings. The number of nitrogens with zero attached hydrogens (tertiary/aromatic N) is 1. The molecular weight excluding hydrogens is 198 g/mol. The first-order valence-corrected chi connectivity index (χ1v) is 4.89. The molecule has 0 bridgehead atoms. The van der Waals surface area contributed by atoms with Gasteiger partial charge in [-0.05, 0) is 18.8 Å². The summed E-state index contributed by atoms with van der Waals surface area (Å²) in [4.78, 5) is 0.429. The van der Waals surface area contributed by atoms with Gasteiger partial charge in [-0.25, -0.2) is 0 Å². The van der Waals surface area contributed by atoms with E-state index in [0.29, 0.717) is 34.1 Å². The van der Waals surface area contributed by atoms with Crippen molar-refractivity contribution < 1.29 is 13.8 Å². The number of rotatable bonds is 4. The predicted molar refractivity (Wildman–Crippen MR) is 55.8 cm³/mol. The van der Waals surface area contributed by atoms with Gasteiger partial charge in [0.1, 0.15) is 11.8 Å². The van der Waals surface area contributed by atoms with Crippen molar-refractivity contribution in [3.8, 4) is 0 Å². The maximum absolute atomic E-state index is 11.3. The van der Waals surface area contributed by atoms with Gasteiger partial charge in [-0.3, -0.25) is 5.32 Å². The highest BCUT2D eigenvalue weighted by atomic mass is 16.7. The summed E-state index contributed by atoms with van der Waals surface area (Å²) in [6.45, 7) is 5.23. The Kier molecular flexibility index (Phi) is 2.40. The van der Waals surface area contributed by atoms with Gasteiger partial charge in [-0.2, -0.15) is 0 Å². The molecule has 2 heterocycles. The van der Waals surface area contributed by atoms with E-state index in [-0.39, 0.29) is 0 Å². The van der Waals surface area contributed by atoms with Gasteiger partial charge < -0.3 is 19.5 Å². The molecule has 0 aromatic carbocycles. The molecule has 0 saturated heterocycles. The molecule has 0 fully saturated rings. The second-order valence-corrected chi connectivity index (χ2v) is 3.07. The van der Waals surface area contributed by atoms with Crippen LogP contribution in [-0.2, 0) is 0 Å². The molecule has 0 atom stereocenters. The van der Waals surface area contributed by atoms with Crippen LogP contribution in [0.2, 0.25) is 0 Å². The highest BCUT2D eigenvalue weighted by Crippen LogP contribution is 2.29. The lowest BCUT2D eigenvalue weighted by molar-refractivity contribution is -0.776. The smallest absolute Gasteiger partial charge is 0.359 e. The van der Waals surface area contributed by atoms with E-state index in [0.717, 1.165) is 6.54 Å². The van der Waals surface area contributed by atoms with Gasteiger partial charge >= 0.3 is 5.82 Å². The molecule has 0 amide bonds. The van der Waals surface area contributed by atoms with E-state index in [1.54, 1.807) is 6.26 Å². The van der Waals surface area contributed by atoms with E-state index in [4.69, 9.17) is 8.94 Å². The lowest BCUT2D eigenvalue weighted by Crippen LogP contribution is -2.27. The second-order valence-electron chi connectivity index (χ2n) is 3.07. The summed E-state index contributed by atoms with van der Waals surface area (Å²) in [7, 11) is 0. The molecule has 0 spiro atoms. The van der Waals surface area contributed by atoms with Gasteiger partial charge in [0, 0.05) is 6.54 Å². The largest absolute Gasteiger partial charge is 0.453 e. The van der Waals surface area contributed by atoms with Gasteiger partial charge in [0.2, 0.25) is 5.58 Å². The number of furan rings is 1. The Morgan fingerprint density at radius 3 is 2.67 bits per heavy atom. The van der Waals surface area contributed by atoms with E-state index < -0.39 is 0 Å². The third kappa shape index (κ3) is 1.47. The highest BCUT2D eigenvalue weighted by Gasteiger charge is 2.19. The van der Waals surface area contributed by atoms with Crippen LogP contribution in [0.3, 0.4) is 0 Å². The maximum atomic E-state index is 11.3. The van der Waals surface area contributed by atoms with E-state index >= 15 is 0 Å². The lowest BCUT2D eigenvalue weighted by atomic mass is 10.4. The molecule has 82 valence electrons. The quantitative estimate of drug-likeness (QED) is 0.750. The fourth-order valence-corrected chi connectivity index (χ4v) is 1.44. The molecule has 2 aromatic heterocycles. The normalized spacial score (nSPS) is 10.8. The molecular formula is C9H13N3O3. The van der Waals surface area contributed by atoms with Crippen molar-refractivity contribution in [2.75, 3.05) is 23.7 Å². The summed E-state index contributed by atoms with van der Waals surface area (Å²) >= 11 is 0. The molecule has 2 N–H and O–H groups in total. The molecule has 0 aliphatic heterocycles. The summed E-state index contributed by atoms with van der Waals surface area (Å²) in [5.41, 5.74) is 1.59. The number of anilines is 2. The van der Waals surface area contributed by atoms with Gasteiger partial charge in [-0.1, -0.05) is 0 Å². The minimum absolute atomic E-state index is 0.316. The molecule has 6 heteroatoms.